The van der Waals surface area contributed by atoms with Gasteiger partial charge in [-0.15, -0.1) is 0 Å². The Balaban J connectivity index is 1.46. The predicted octanol–water partition coefficient (Wildman–Crippen LogP) is 3.48. The summed E-state index contributed by atoms with van der Waals surface area (Å²) in [5, 5.41) is 6.01. The van der Waals surface area contributed by atoms with Gasteiger partial charge in [0.15, 0.2) is 5.82 Å². The Morgan fingerprint density at radius 2 is 1.94 bits per heavy atom. The van der Waals surface area contributed by atoms with Gasteiger partial charge in [0.2, 0.25) is 5.95 Å². The number of benzene rings is 1. The second-order valence-corrected chi connectivity index (χ2v) is 9.33. The van der Waals surface area contributed by atoms with Crippen molar-refractivity contribution < 1.29 is 23.1 Å². The minimum absolute atomic E-state index is 0.125. The fourth-order valence-corrected chi connectivity index (χ4v) is 4.66. The molecule has 0 radical (unpaired) electrons. The first-order chi connectivity index (χ1) is 16.8. The summed E-state index contributed by atoms with van der Waals surface area (Å²) in [4.78, 5) is 36.2. The summed E-state index contributed by atoms with van der Waals surface area (Å²) >= 11 is 0. The molecule has 2 aliphatic carbocycles. The van der Waals surface area contributed by atoms with Crippen LogP contribution in [0, 0.1) is 0 Å². The number of fused-ring (bicyclic) bond motifs is 1. The zero-order valence-corrected chi connectivity index (χ0v) is 19.7. The maximum atomic E-state index is 14.8. The molecule has 1 aromatic carbocycles. The lowest BCUT2D eigenvalue weighted by molar-refractivity contribution is -0.140. The highest BCUT2D eigenvalue weighted by molar-refractivity contribution is 6.02. The molecule has 35 heavy (non-hydrogen) atoms. The molecule has 2 amide bonds. The number of hydrogen-bond acceptors (Lipinski definition) is 7. The highest BCUT2D eigenvalue weighted by atomic mass is 19.3. The van der Waals surface area contributed by atoms with Crippen LogP contribution in [0.5, 0.6) is 5.75 Å². The summed E-state index contributed by atoms with van der Waals surface area (Å²) in [5.74, 6) is -4.09. The number of amides is 2. The van der Waals surface area contributed by atoms with E-state index in [1.54, 1.807) is 23.1 Å². The molecule has 9 nitrogen and oxygen atoms in total. The zero-order chi connectivity index (χ0) is 24.7. The van der Waals surface area contributed by atoms with Gasteiger partial charge in [-0.3, -0.25) is 9.59 Å². The number of rotatable bonds is 6. The number of halogens is 2. The third-order valence-corrected chi connectivity index (χ3v) is 6.76. The summed E-state index contributed by atoms with van der Waals surface area (Å²) in [7, 11) is 2.81. The lowest BCUT2D eigenvalue weighted by Gasteiger charge is -2.31. The van der Waals surface area contributed by atoms with Gasteiger partial charge in [0.25, 0.3) is 11.8 Å². The normalized spacial score (nSPS) is 19.8. The number of methoxy groups -OCH3 is 1. The lowest BCUT2D eigenvalue weighted by atomic mass is 10.1. The van der Waals surface area contributed by atoms with Crippen molar-refractivity contribution >= 4 is 35.0 Å². The number of nitrogens with one attached hydrogen (secondary N) is 2. The molecule has 0 unspecified atom stereocenters. The summed E-state index contributed by atoms with van der Waals surface area (Å²) < 4.78 is 35.0. The number of carbonyl (C=O) groups excluding carboxylic acids is 2. The number of ether oxygens (including phenoxy) is 1. The second kappa shape index (κ2) is 8.94. The van der Waals surface area contributed by atoms with Crippen molar-refractivity contribution in [2.24, 2.45) is 0 Å². The summed E-state index contributed by atoms with van der Waals surface area (Å²) in [6.45, 7) is -0.724. The molecule has 1 aliphatic heterocycles. The largest absolute Gasteiger partial charge is 0.495 e. The van der Waals surface area contributed by atoms with Crippen molar-refractivity contribution in [2.75, 3.05) is 35.8 Å². The van der Waals surface area contributed by atoms with Crippen molar-refractivity contribution in [1.82, 2.24) is 15.3 Å². The Bertz CT molecular complexity index is 1150. The zero-order valence-electron chi connectivity index (χ0n) is 19.7. The fraction of sp³-hybridized carbons (Fsp3) is 0.500. The molecule has 2 aromatic rings. The van der Waals surface area contributed by atoms with Crippen LogP contribution in [0.2, 0.25) is 0 Å². The van der Waals surface area contributed by atoms with Gasteiger partial charge in [-0.1, -0.05) is 12.8 Å². The van der Waals surface area contributed by atoms with Gasteiger partial charge in [-0.2, -0.15) is 13.8 Å². The Kier molecular flexibility index (Phi) is 5.94. The molecule has 11 heteroatoms. The molecule has 2 heterocycles. The molecule has 0 spiro atoms. The third kappa shape index (κ3) is 4.59. The predicted molar refractivity (Wildman–Crippen MR) is 127 cm³/mol. The quantitative estimate of drug-likeness (QED) is 0.645. The van der Waals surface area contributed by atoms with Crippen LogP contribution in [0.3, 0.4) is 0 Å². The molecule has 0 saturated heterocycles. The maximum Gasteiger partial charge on any atom is 0.342 e. The Morgan fingerprint density at radius 1 is 1.20 bits per heavy atom. The standard InChI is InChI=1S/C24H28F2N6O3/c1-31-18-12-27-23(29-17-10-7-14(11-19(17)35-2)21(33)28-15-8-9-15)30-20(18)32(16-5-3-4-6-16)13-24(25,26)22(31)34/h7,10-12,15-16H,3-6,8-9,13H2,1-2H3,(H,28,33)(H,27,29,30). The minimum atomic E-state index is -3.54. The molecule has 186 valence electrons. The second-order valence-electron chi connectivity index (χ2n) is 9.33. The van der Waals surface area contributed by atoms with Gasteiger partial charge in [-0.25, -0.2) is 4.98 Å². The van der Waals surface area contributed by atoms with Crippen LogP contribution in [-0.2, 0) is 4.79 Å². The molecule has 1 aromatic heterocycles. The fourth-order valence-electron chi connectivity index (χ4n) is 4.66. The van der Waals surface area contributed by atoms with Crippen molar-refractivity contribution in [3.63, 3.8) is 0 Å². The van der Waals surface area contributed by atoms with E-state index in [1.807, 2.05) is 0 Å². The van der Waals surface area contributed by atoms with E-state index in [2.05, 4.69) is 20.6 Å². The Hall–Kier alpha value is -3.50. The molecule has 2 N–H and O–H groups in total. The van der Waals surface area contributed by atoms with E-state index in [0.29, 0.717) is 22.8 Å². The van der Waals surface area contributed by atoms with Crippen LogP contribution in [0.25, 0.3) is 0 Å². The molecule has 2 saturated carbocycles. The lowest BCUT2D eigenvalue weighted by Crippen LogP contribution is -2.48. The first-order valence-electron chi connectivity index (χ1n) is 11.8. The van der Waals surface area contributed by atoms with Crippen LogP contribution in [-0.4, -0.2) is 60.5 Å². The third-order valence-electron chi connectivity index (χ3n) is 6.76. The minimum Gasteiger partial charge on any atom is -0.495 e. The van der Waals surface area contributed by atoms with Crippen molar-refractivity contribution in [1.29, 1.82) is 0 Å². The van der Waals surface area contributed by atoms with Crippen LogP contribution in [0.15, 0.2) is 24.4 Å². The summed E-state index contributed by atoms with van der Waals surface area (Å²) in [5.41, 5.74) is 1.23. The van der Waals surface area contributed by atoms with Gasteiger partial charge in [0.05, 0.1) is 25.5 Å². The molecule has 0 atom stereocenters. The number of aromatic nitrogens is 2. The van der Waals surface area contributed by atoms with E-state index in [1.165, 1.54) is 20.4 Å². The van der Waals surface area contributed by atoms with E-state index in [4.69, 9.17) is 4.74 Å². The van der Waals surface area contributed by atoms with Crippen LogP contribution >= 0.6 is 0 Å². The molecular formula is C24H28F2N6O3. The van der Waals surface area contributed by atoms with Crippen molar-refractivity contribution in [2.45, 2.75) is 56.5 Å². The van der Waals surface area contributed by atoms with Crippen LogP contribution < -0.4 is 25.2 Å². The highest BCUT2D eigenvalue weighted by Gasteiger charge is 2.48. The first-order valence-corrected chi connectivity index (χ1v) is 11.8. The monoisotopic (exact) mass is 486 g/mol. The average Bonchev–Trinajstić information content (AvgIpc) is 3.50. The van der Waals surface area contributed by atoms with Gasteiger partial charge >= 0.3 is 5.92 Å². The van der Waals surface area contributed by atoms with Gasteiger partial charge in [-0.05, 0) is 43.9 Å². The van der Waals surface area contributed by atoms with Gasteiger partial charge in [0.1, 0.15) is 11.4 Å². The van der Waals surface area contributed by atoms with Crippen molar-refractivity contribution in [3.05, 3.63) is 30.0 Å². The van der Waals surface area contributed by atoms with Crippen molar-refractivity contribution in [3.8, 4) is 5.75 Å². The van der Waals surface area contributed by atoms with Gasteiger partial charge in [0, 0.05) is 24.7 Å². The topological polar surface area (TPSA) is 99.7 Å². The van der Waals surface area contributed by atoms with E-state index >= 15 is 0 Å². The summed E-state index contributed by atoms with van der Waals surface area (Å²) in [6.07, 6.45) is 6.78. The number of alkyl halides is 2. The van der Waals surface area contributed by atoms with Gasteiger partial charge < -0.3 is 25.2 Å². The molecule has 5 rings (SSSR count). The molecule has 0 bridgehead atoms. The Morgan fingerprint density at radius 3 is 2.63 bits per heavy atom. The number of anilines is 4. The number of carbonyl (C=O) groups is 2. The SMILES string of the molecule is COc1cc(C(=O)NC2CC2)ccc1Nc1ncc2c(n1)N(C1CCCC1)CC(F)(F)C(=O)N2C. The highest BCUT2D eigenvalue weighted by Crippen LogP contribution is 2.40. The number of nitrogens with zero attached hydrogens (tertiary/aromatic N) is 4. The summed E-state index contributed by atoms with van der Waals surface area (Å²) in [6, 6.07) is 5.10. The smallest absolute Gasteiger partial charge is 0.342 e. The van der Waals surface area contributed by atoms with Crippen LogP contribution in [0.1, 0.15) is 48.9 Å². The van der Waals surface area contributed by atoms with Crippen LogP contribution in [0.4, 0.5) is 31.9 Å². The van der Waals surface area contributed by atoms with E-state index < -0.39 is 18.4 Å². The van der Waals surface area contributed by atoms with E-state index in [9.17, 15) is 18.4 Å². The van der Waals surface area contributed by atoms with E-state index in [-0.39, 0.29) is 29.6 Å². The molecule has 2 fully saturated rings. The average molecular weight is 487 g/mol. The number of hydrogen-bond donors (Lipinski definition) is 2. The van der Waals surface area contributed by atoms with E-state index in [0.717, 1.165) is 43.4 Å². The first kappa shape index (κ1) is 23.3. The Labute approximate surface area is 201 Å². The maximum absolute atomic E-state index is 14.8. The molecular weight excluding hydrogens is 458 g/mol. The molecule has 3 aliphatic rings.